The summed E-state index contributed by atoms with van der Waals surface area (Å²) >= 11 is 0. The molecule has 0 spiro atoms. The van der Waals surface area contributed by atoms with E-state index in [4.69, 9.17) is 0 Å². The molecule has 2 bridgehead atoms. The number of carbonyl (C=O) groups excluding carboxylic acids is 1. The van der Waals surface area contributed by atoms with Crippen molar-refractivity contribution >= 4 is 5.78 Å². The first kappa shape index (κ1) is 11.0. The number of Topliss-reactive ketones (excluding diaryl/α,β-unsaturated/α-hetero) is 1. The van der Waals surface area contributed by atoms with Gasteiger partial charge in [-0.2, -0.15) is 0 Å². The van der Waals surface area contributed by atoms with Crippen molar-refractivity contribution in [3.8, 4) is 0 Å². The molecule has 1 aromatic rings. The van der Waals surface area contributed by atoms with Gasteiger partial charge in [-0.1, -0.05) is 29.8 Å². The van der Waals surface area contributed by atoms with E-state index in [1.165, 1.54) is 24.0 Å². The van der Waals surface area contributed by atoms with Gasteiger partial charge in [0.15, 0.2) is 0 Å². The van der Waals surface area contributed by atoms with Gasteiger partial charge in [0.2, 0.25) is 0 Å². The van der Waals surface area contributed by atoms with Crippen LogP contribution in [0, 0.1) is 6.92 Å². The van der Waals surface area contributed by atoms with Gasteiger partial charge in [0.05, 0.1) is 0 Å². The molecule has 2 nitrogen and oxygen atoms in total. The summed E-state index contributed by atoms with van der Waals surface area (Å²) in [6.45, 7) is 3.15. The summed E-state index contributed by atoms with van der Waals surface area (Å²) < 4.78 is 0. The summed E-state index contributed by atoms with van der Waals surface area (Å²) in [6.07, 6.45) is 3.98. The Labute approximate surface area is 103 Å². The number of carbonyl (C=O) groups is 1. The second-order valence-corrected chi connectivity index (χ2v) is 5.49. The largest absolute Gasteiger partial charge is 0.300 e. The van der Waals surface area contributed by atoms with E-state index in [9.17, 15) is 4.79 Å². The summed E-state index contributed by atoms with van der Waals surface area (Å²) in [5, 5.41) is 0. The Morgan fingerprint density at radius 2 is 1.94 bits per heavy atom. The number of piperidine rings is 1. The van der Waals surface area contributed by atoms with Crippen molar-refractivity contribution in [1.82, 2.24) is 4.90 Å². The van der Waals surface area contributed by atoms with Crippen LogP contribution in [0.5, 0.6) is 0 Å². The normalized spacial score (nSPS) is 28.6. The van der Waals surface area contributed by atoms with Gasteiger partial charge in [0.25, 0.3) is 0 Å². The molecule has 2 saturated heterocycles. The average Bonchev–Trinajstić information content (AvgIpc) is 2.54. The summed E-state index contributed by atoms with van der Waals surface area (Å²) in [5.41, 5.74) is 2.71. The molecular weight excluding hydrogens is 210 g/mol. The lowest BCUT2D eigenvalue weighted by molar-refractivity contribution is -0.123. The van der Waals surface area contributed by atoms with Gasteiger partial charge in [0.1, 0.15) is 5.78 Å². The number of nitrogens with zero attached hydrogens (tertiary/aromatic N) is 1. The molecule has 0 amide bonds. The van der Waals surface area contributed by atoms with Crippen molar-refractivity contribution in [3.05, 3.63) is 35.4 Å². The van der Waals surface area contributed by atoms with E-state index in [1.807, 2.05) is 0 Å². The number of hydrogen-bond donors (Lipinski definition) is 0. The SMILES string of the molecule is Cc1cccc(CN2C3CCC2CC(=O)C3)c1. The minimum atomic E-state index is 0.470. The highest BCUT2D eigenvalue weighted by molar-refractivity contribution is 5.80. The number of hydrogen-bond acceptors (Lipinski definition) is 2. The van der Waals surface area contributed by atoms with E-state index < -0.39 is 0 Å². The molecule has 0 saturated carbocycles. The van der Waals surface area contributed by atoms with Crippen LogP contribution in [-0.4, -0.2) is 22.8 Å². The fraction of sp³-hybridized carbons (Fsp3) is 0.533. The molecule has 1 aromatic carbocycles. The standard InChI is InChI=1S/C15H19NO/c1-11-3-2-4-12(7-11)10-16-13-5-6-14(16)9-15(17)8-13/h2-4,7,13-14H,5-6,8-10H2,1H3. The maximum atomic E-state index is 11.5. The van der Waals surface area contributed by atoms with Crippen molar-refractivity contribution in [3.63, 3.8) is 0 Å². The molecule has 2 heterocycles. The lowest BCUT2D eigenvalue weighted by atomic mass is 10.0. The molecule has 3 rings (SSSR count). The Morgan fingerprint density at radius 1 is 1.24 bits per heavy atom. The number of aryl methyl sites for hydroxylation is 1. The second-order valence-electron chi connectivity index (χ2n) is 5.49. The minimum absolute atomic E-state index is 0.470. The number of rotatable bonds is 2. The van der Waals surface area contributed by atoms with Crippen LogP contribution >= 0.6 is 0 Å². The van der Waals surface area contributed by atoms with Gasteiger partial charge in [-0.15, -0.1) is 0 Å². The van der Waals surface area contributed by atoms with E-state index in [1.54, 1.807) is 0 Å². The van der Waals surface area contributed by atoms with Crippen LogP contribution in [0.25, 0.3) is 0 Å². The maximum absolute atomic E-state index is 11.5. The van der Waals surface area contributed by atoms with Crippen LogP contribution in [0.2, 0.25) is 0 Å². The number of fused-ring (bicyclic) bond motifs is 2. The topological polar surface area (TPSA) is 20.3 Å². The third kappa shape index (κ3) is 2.14. The van der Waals surface area contributed by atoms with Crippen molar-refractivity contribution < 1.29 is 4.79 Å². The fourth-order valence-corrected chi connectivity index (χ4v) is 3.34. The van der Waals surface area contributed by atoms with E-state index in [2.05, 4.69) is 36.1 Å². The smallest absolute Gasteiger partial charge is 0.136 e. The van der Waals surface area contributed by atoms with Crippen LogP contribution in [0.4, 0.5) is 0 Å². The summed E-state index contributed by atoms with van der Waals surface area (Å²) in [7, 11) is 0. The Kier molecular flexibility index (Phi) is 2.75. The van der Waals surface area contributed by atoms with Crippen molar-refractivity contribution in [1.29, 1.82) is 0 Å². The number of benzene rings is 1. The van der Waals surface area contributed by atoms with E-state index in [0.29, 0.717) is 17.9 Å². The molecular formula is C15H19NO. The minimum Gasteiger partial charge on any atom is -0.300 e. The molecule has 0 aromatic heterocycles. The van der Waals surface area contributed by atoms with E-state index in [0.717, 1.165) is 19.4 Å². The van der Waals surface area contributed by atoms with Crippen molar-refractivity contribution in [2.75, 3.05) is 0 Å². The van der Waals surface area contributed by atoms with E-state index in [-0.39, 0.29) is 0 Å². The van der Waals surface area contributed by atoms with Gasteiger partial charge in [-0.05, 0) is 25.3 Å². The summed E-state index contributed by atoms with van der Waals surface area (Å²) in [5.74, 6) is 0.470. The van der Waals surface area contributed by atoms with Gasteiger partial charge >= 0.3 is 0 Å². The predicted octanol–water partition coefficient (Wildman–Crippen LogP) is 2.69. The van der Waals surface area contributed by atoms with E-state index >= 15 is 0 Å². The summed E-state index contributed by atoms with van der Waals surface area (Å²) in [6, 6.07) is 9.75. The first-order chi connectivity index (χ1) is 8.22. The molecule has 90 valence electrons. The third-order valence-corrected chi connectivity index (χ3v) is 4.15. The Bertz CT molecular complexity index is 424. The lowest BCUT2D eigenvalue weighted by Gasteiger charge is -2.34. The molecule has 2 atom stereocenters. The lowest BCUT2D eigenvalue weighted by Crippen LogP contribution is -2.42. The molecule has 2 aliphatic rings. The highest BCUT2D eigenvalue weighted by Crippen LogP contribution is 2.35. The third-order valence-electron chi connectivity index (χ3n) is 4.15. The fourth-order valence-electron chi connectivity index (χ4n) is 3.34. The van der Waals surface area contributed by atoms with Gasteiger partial charge < -0.3 is 0 Å². The zero-order valence-corrected chi connectivity index (χ0v) is 10.4. The van der Waals surface area contributed by atoms with Gasteiger partial charge in [-0.3, -0.25) is 9.69 Å². The van der Waals surface area contributed by atoms with Crippen molar-refractivity contribution in [2.45, 2.75) is 51.2 Å². The predicted molar refractivity (Wildman–Crippen MR) is 67.8 cm³/mol. The molecule has 0 radical (unpaired) electrons. The zero-order chi connectivity index (χ0) is 11.8. The van der Waals surface area contributed by atoms with Crippen LogP contribution in [0.15, 0.2) is 24.3 Å². The Hall–Kier alpha value is -1.15. The second kappa shape index (κ2) is 4.26. The molecule has 2 heteroatoms. The molecule has 0 N–H and O–H groups in total. The highest BCUT2D eigenvalue weighted by atomic mass is 16.1. The summed E-state index contributed by atoms with van der Waals surface area (Å²) in [4.78, 5) is 14.1. The first-order valence-corrected chi connectivity index (χ1v) is 6.55. The quantitative estimate of drug-likeness (QED) is 0.777. The maximum Gasteiger partial charge on any atom is 0.136 e. The molecule has 17 heavy (non-hydrogen) atoms. The highest BCUT2D eigenvalue weighted by Gasteiger charge is 2.39. The van der Waals surface area contributed by atoms with Crippen molar-refractivity contribution in [2.24, 2.45) is 0 Å². The average molecular weight is 229 g/mol. The van der Waals surface area contributed by atoms with Crippen LogP contribution in [0.3, 0.4) is 0 Å². The Balaban J connectivity index is 1.76. The number of ketones is 1. The molecule has 0 aliphatic carbocycles. The van der Waals surface area contributed by atoms with Gasteiger partial charge in [0, 0.05) is 31.5 Å². The molecule has 2 fully saturated rings. The van der Waals surface area contributed by atoms with Crippen LogP contribution < -0.4 is 0 Å². The first-order valence-electron chi connectivity index (χ1n) is 6.55. The Morgan fingerprint density at radius 3 is 2.59 bits per heavy atom. The molecule has 2 unspecified atom stereocenters. The van der Waals surface area contributed by atoms with Crippen LogP contribution in [-0.2, 0) is 11.3 Å². The van der Waals surface area contributed by atoms with Gasteiger partial charge in [-0.25, -0.2) is 0 Å². The monoisotopic (exact) mass is 229 g/mol. The zero-order valence-electron chi connectivity index (χ0n) is 10.4. The molecule has 2 aliphatic heterocycles. The van der Waals surface area contributed by atoms with Crippen LogP contribution in [0.1, 0.15) is 36.8 Å².